The van der Waals surface area contributed by atoms with Crippen molar-refractivity contribution in [1.29, 1.82) is 0 Å². The summed E-state index contributed by atoms with van der Waals surface area (Å²) in [7, 11) is 0. The fourth-order valence-corrected chi connectivity index (χ4v) is 2.74. The molecule has 1 aliphatic heterocycles. The van der Waals surface area contributed by atoms with Gasteiger partial charge in [0.1, 0.15) is 0 Å². The maximum atomic E-state index is 11.7. The third-order valence-corrected chi connectivity index (χ3v) is 3.84. The Labute approximate surface area is 97.9 Å². The Morgan fingerprint density at radius 1 is 1.12 bits per heavy atom. The molecular formula is C13H23NO2. The van der Waals surface area contributed by atoms with Crippen LogP contribution in [0.1, 0.15) is 51.4 Å². The van der Waals surface area contributed by atoms with E-state index in [-0.39, 0.29) is 5.91 Å². The number of hydrogen-bond donors (Lipinski definition) is 1. The molecule has 0 aromatic carbocycles. The van der Waals surface area contributed by atoms with Gasteiger partial charge in [-0.1, -0.05) is 12.8 Å². The summed E-state index contributed by atoms with van der Waals surface area (Å²) in [5.41, 5.74) is 0. The first-order chi connectivity index (χ1) is 7.84. The van der Waals surface area contributed by atoms with Crippen molar-refractivity contribution in [2.24, 2.45) is 5.92 Å². The number of ether oxygens (including phenoxy) is 1. The van der Waals surface area contributed by atoms with Crippen molar-refractivity contribution in [2.45, 2.75) is 57.4 Å². The molecule has 92 valence electrons. The molecule has 0 radical (unpaired) electrons. The third kappa shape index (κ3) is 3.78. The van der Waals surface area contributed by atoms with Crippen LogP contribution in [0.3, 0.4) is 0 Å². The van der Waals surface area contributed by atoms with E-state index in [4.69, 9.17) is 4.74 Å². The molecule has 3 nitrogen and oxygen atoms in total. The molecule has 0 spiro atoms. The van der Waals surface area contributed by atoms with Gasteiger partial charge < -0.3 is 10.1 Å². The first-order valence-corrected chi connectivity index (χ1v) is 6.71. The first-order valence-electron chi connectivity index (χ1n) is 6.71. The zero-order chi connectivity index (χ0) is 11.2. The zero-order valence-electron chi connectivity index (χ0n) is 10.0. The van der Waals surface area contributed by atoms with Crippen molar-refractivity contribution in [3.8, 4) is 0 Å². The van der Waals surface area contributed by atoms with E-state index >= 15 is 0 Å². The van der Waals surface area contributed by atoms with Gasteiger partial charge in [0.2, 0.25) is 5.91 Å². The van der Waals surface area contributed by atoms with Crippen LogP contribution in [0.2, 0.25) is 0 Å². The van der Waals surface area contributed by atoms with Crippen LogP contribution in [-0.4, -0.2) is 25.2 Å². The average Bonchev–Trinajstić information content (AvgIpc) is 2.81. The van der Waals surface area contributed by atoms with Gasteiger partial charge in [-0.3, -0.25) is 4.79 Å². The van der Waals surface area contributed by atoms with Gasteiger partial charge in [0.05, 0.1) is 0 Å². The minimum absolute atomic E-state index is 0.262. The molecule has 1 N–H and O–H groups in total. The third-order valence-electron chi connectivity index (χ3n) is 3.84. The maximum Gasteiger partial charge on any atom is 0.220 e. The highest BCUT2D eigenvalue weighted by Crippen LogP contribution is 2.21. The molecule has 1 saturated heterocycles. The highest BCUT2D eigenvalue weighted by molar-refractivity contribution is 5.76. The fraction of sp³-hybridized carbons (Fsp3) is 0.923. The van der Waals surface area contributed by atoms with Crippen molar-refractivity contribution in [2.75, 3.05) is 13.2 Å². The molecule has 1 amide bonds. The highest BCUT2D eigenvalue weighted by atomic mass is 16.5. The highest BCUT2D eigenvalue weighted by Gasteiger charge is 2.19. The summed E-state index contributed by atoms with van der Waals surface area (Å²) in [5.74, 6) is 0.974. The van der Waals surface area contributed by atoms with Crippen LogP contribution in [-0.2, 0) is 9.53 Å². The molecule has 0 aromatic rings. The summed E-state index contributed by atoms with van der Waals surface area (Å²) in [6.45, 7) is 1.77. The van der Waals surface area contributed by atoms with E-state index in [0.29, 0.717) is 18.4 Å². The average molecular weight is 225 g/mol. The van der Waals surface area contributed by atoms with E-state index in [1.54, 1.807) is 0 Å². The minimum atomic E-state index is 0.262. The summed E-state index contributed by atoms with van der Waals surface area (Å²) in [4.78, 5) is 11.7. The van der Waals surface area contributed by atoms with Crippen molar-refractivity contribution in [3.63, 3.8) is 0 Å². The standard InChI is InChI=1S/C13H23NO2/c15-13(14-12-3-1-2-4-12)6-5-11-7-9-16-10-8-11/h11-12H,1-10H2,(H,14,15). The Morgan fingerprint density at radius 2 is 1.81 bits per heavy atom. The topological polar surface area (TPSA) is 38.3 Å². The Balaban J connectivity index is 1.59. The molecule has 16 heavy (non-hydrogen) atoms. The normalized spacial score (nSPS) is 23.5. The van der Waals surface area contributed by atoms with Crippen molar-refractivity contribution < 1.29 is 9.53 Å². The summed E-state index contributed by atoms with van der Waals surface area (Å²) < 4.78 is 5.31. The molecule has 0 atom stereocenters. The number of hydrogen-bond acceptors (Lipinski definition) is 2. The smallest absolute Gasteiger partial charge is 0.220 e. The van der Waals surface area contributed by atoms with Crippen LogP contribution in [0, 0.1) is 5.92 Å². The van der Waals surface area contributed by atoms with Crippen molar-refractivity contribution >= 4 is 5.91 Å². The van der Waals surface area contributed by atoms with Crippen LogP contribution in [0.25, 0.3) is 0 Å². The van der Waals surface area contributed by atoms with E-state index in [1.807, 2.05) is 0 Å². The van der Waals surface area contributed by atoms with Crippen LogP contribution in [0.15, 0.2) is 0 Å². The maximum absolute atomic E-state index is 11.7. The summed E-state index contributed by atoms with van der Waals surface area (Å²) in [5, 5.41) is 3.15. The van der Waals surface area contributed by atoms with Crippen LogP contribution in [0.4, 0.5) is 0 Å². The Kier molecular flexibility index (Phi) is 4.64. The molecule has 2 fully saturated rings. The predicted octanol–water partition coefficient (Wildman–Crippen LogP) is 2.25. The monoisotopic (exact) mass is 225 g/mol. The van der Waals surface area contributed by atoms with E-state index < -0.39 is 0 Å². The lowest BCUT2D eigenvalue weighted by atomic mass is 9.95. The minimum Gasteiger partial charge on any atom is -0.381 e. The fourth-order valence-electron chi connectivity index (χ4n) is 2.74. The van der Waals surface area contributed by atoms with E-state index in [9.17, 15) is 4.79 Å². The molecule has 1 aliphatic carbocycles. The molecule has 3 heteroatoms. The van der Waals surface area contributed by atoms with Gasteiger partial charge in [-0.05, 0) is 38.0 Å². The number of rotatable bonds is 4. The summed E-state index contributed by atoms with van der Waals surface area (Å²) >= 11 is 0. The summed E-state index contributed by atoms with van der Waals surface area (Å²) in [6, 6.07) is 0.474. The van der Waals surface area contributed by atoms with E-state index in [0.717, 1.165) is 32.5 Å². The Morgan fingerprint density at radius 3 is 2.50 bits per heavy atom. The van der Waals surface area contributed by atoms with Gasteiger partial charge in [-0.25, -0.2) is 0 Å². The molecule has 2 rings (SSSR count). The van der Waals surface area contributed by atoms with Crippen LogP contribution in [0.5, 0.6) is 0 Å². The second-order valence-corrected chi connectivity index (χ2v) is 5.14. The SMILES string of the molecule is O=C(CCC1CCOCC1)NC1CCCC1. The van der Waals surface area contributed by atoms with Gasteiger partial charge in [0.15, 0.2) is 0 Å². The number of carbonyl (C=O) groups is 1. The lowest BCUT2D eigenvalue weighted by Crippen LogP contribution is -2.32. The predicted molar refractivity (Wildman–Crippen MR) is 63.2 cm³/mol. The second kappa shape index (κ2) is 6.24. The molecular weight excluding hydrogens is 202 g/mol. The number of amides is 1. The molecule has 0 bridgehead atoms. The molecule has 1 saturated carbocycles. The van der Waals surface area contributed by atoms with Gasteiger partial charge in [0.25, 0.3) is 0 Å². The van der Waals surface area contributed by atoms with Crippen LogP contribution >= 0.6 is 0 Å². The van der Waals surface area contributed by atoms with Gasteiger partial charge >= 0.3 is 0 Å². The van der Waals surface area contributed by atoms with Crippen molar-refractivity contribution in [1.82, 2.24) is 5.32 Å². The van der Waals surface area contributed by atoms with Gasteiger partial charge in [0, 0.05) is 25.7 Å². The molecule has 2 aliphatic rings. The number of carbonyl (C=O) groups excluding carboxylic acids is 1. The lowest BCUT2D eigenvalue weighted by Gasteiger charge is -2.22. The van der Waals surface area contributed by atoms with E-state index in [2.05, 4.69) is 5.32 Å². The largest absolute Gasteiger partial charge is 0.381 e. The van der Waals surface area contributed by atoms with E-state index in [1.165, 1.54) is 25.7 Å². The van der Waals surface area contributed by atoms with Gasteiger partial charge in [-0.15, -0.1) is 0 Å². The molecule has 1 heterocycles. The van der Waals surface area contributed by atoms with Crippen molar-refractivity contribution in [3.05, 3.63) is 0 Å². The molecule has 0 unspecified atom stereocenters. The zero-order valence-corrected chi connectivity index (χ0v) is 10.0. The summed E-state index contributed by atoms with van der Waals surface area (Å²) in [6.07, 6.45) is 8.96. The first kappa shape index (κ1) is 11.9. The lowest BCUT2D eigenvalue weighted by molar-refractivity contribution is -0.122. The second-order valence-electron chi connectivity index (χ2n) is 5.14. The van der Waals surface area contributed by atoms with Gasteiger partial charge in [-0.2, -0.15) is 0 Å². The molecule has 0 aromatic heterocycles. The Bertz CT molecular complexity index is 218. The van der Waals surface area contributed by atoms with Crippen LogP contribution < -0.4 is 5.32 Å². The number of nitrogens with one attached hydrogen (secondary N) is 1. The Hall–Kier alpha value is -0.570. The quantitative estimate of drug-likeness (QED) is 0.797.